The van der Waals surface area contributed by atoms with E-state index in [1.54, 1.807) is 29.3 Å². The van der Waals surface area contributed by atoms with Crippen LogP contribution >= 0.6 is 12.8 Å². The van der Waals surface area contributed by atoms with Gasteiger partial charge in [0.15, 0.2) is 0 Å². The lowest BCUT2D eigenvalue weighted by molar-refractivity contribution is -0.134. The highest BCUT2D eigenvalue weighted by molar-refractivity contribution is 7.78. The van der Waals surface area contributed by atoms with Gasteiger partial charge in [-0.3, -0.25) is 14.8 Å². The Morgan fingerprint density at radius 2 is 1.83 bits per heavy atom. The van der Waals surface area contributed by atoms with Crippen molar-refractivity contribution in [3.05, 3.63) is 65.7 Å². The topological polar surface area (TPSA) is 88.4 Å². The standard InChI is InChI=1S/C20H27BN4O3S/c1-16(2)13-25(23-29)20(26)15-24(14-17-8-4-3-5-9-17)22-12-18-10-6-7-11-19(18)21(27)28/h3-12,16,23,27-29H,13-15H2,1-2H3/b22-12+. The van der Waals surface area contributed by atoms with Crippen LogP contribution < -0.4 is 10.3 Å². The van der Waals surface area contributed by atoms with Crippen LogP contribution in [0.5, 0.6) is 0 Å². The van der Waals surface area contributed by atoms with E-state index in [0.29, 0.717) is 24.1 Å². The molecule has 2 aromatic carbocycles. The number of nitrogens with zero attached hydrogens (tertiary/aromatic N) is 3. The quantitative estimate of drug-likeness (QED) is 0.202. The molecule has 0 fully saturated rings. The van der Waals surface area contributed by atoms with Crippen molar-refractivity contribution in [2.24, 2.45) is 11.0 Å². The summed E-state index contributed by atoms with van der Waals surface area (Å²) in [4.78, 5) is 15.3. The highest BCUT2D eigenvalue weighted by Crippen LogP contribution is 2.07. The zero-order valence-corrected chi connectivity index (χ0v) is 17.5. The number of hydrazine groups is 1. The third-order valence-electron chi connectivity index (χ3n) is 4.13. The number of benzene rings is 2. The SMILES string of the molecule is CC(C)CN(NS)C(=O)CN(Cc1ccccc1)/N=C/c1ccccc1B(O)O. The van der Waals surface area contributed by atoms with E-state index >= 15 is 0 Å². The normalized spacial score (nSPS) is 11.1. The van der Waals surface area contributed by atoms with Gasteiger partial charge in [0.2, 0.25) is 0 Å². The van der Waals surface area contributed by atoms with Crippen LogP contribution in [0.15, 0.2) is 59.7 Å². The van der Waals surface area contributed by atoms with Crippen molar-refractivity contribution in [1.29, 1.82) is 0 Å². The van der Waals surface area contributed by atoms with Crippen molar-refractivity contribution < 1.29 is 14.8 Å². The monoisotopic (exact) mass is 414 g/mol. The number of amides is 1. The molecule has 0 aliphatic carbocycles. The van der Waals surface area contributed by atoms with Gasteiger partial charge in [0, 0.05) is 6.54 Å². The fourth-order valence-corrected chi connectivity index (χ4v) is 2.94. The molecule has 0 radical (unpaired) electrons. The Morgan fingerprint density at radius 3 is 2.45 bits per heavy atom. The van der Waals surface area contributed by atoms with Gasteiger partial charge in [0.25, 0.3) is 5.91 Å². The molecule has 0 bridgehead atoms. The van der Waals surface area contributed by atoms with Gasteiger partial charge < -0.3 is 10.0 Å². The predicted octanol–water partition coefficient (Wildman–Crippen LogP) is 1.04. The molecule has 1 amide bonds. The maximum atomic E-state index is 12.7. The molecule has 2 rings (SSSR count). The van der Waals surface area contributed by atoms with E-state index in [2.05, 4.69) is 22.7 Å². The Kier molecular flexibility index (Phi) is 9.20. The molecule has 2 aromatic rings. The third kappa shape index (κ3) is 7.54. The van der Waals surface area contributed by atoms with Gasteiger partial charge in [-0.25, -0.2) is 0 Å². The Labute approximate surface area is 177 Å². The molecular formula is C20H27BN4O3S. The first-order valence-corrected chi connectivity index (χ1v) is 9.83. The summed E-state index contributed by atoms with van der Waals surface area (Å²) in [6.07, 6.45) is 1.53. The average Bonchev–Trinajstić information content (AvgIpc) is 2.70. The second-order valence-electron chi connectivity index (χ2n) is 7.05. The van der Waals surface area contributed by atoms with Crippen LogP contribution in [0.3, 0.4) is 0 Å². The minimum atomic E-state index is -1.60. The summed E-state index contributed by atoms with van der Waals surface area (Å²) in [6, 6.07) is 16.6. The molecular weight excluding hydrogens is 387 g/mol. The molecule has 154 valence electrons. The molecule has 0 aliphatic rings. The number of hydrazone groups is 1. The minimum Gasteiger partial charge on any atom is -0.423 e. The van der Waals surface area contributed by atoms with Crippen molar-refractivity contribution in [1.82, 2.24) is 14.8 Å². The fourth-order valence-electron chi connectivity index (χ4n) is 2.74. The fraction of sp³-hybridized carbons (Fsp3) is 0.300. The molecule has 0 unspecified atom stereocenters. The van der Waals surface area contributed by atoms with Crippen LogP contribution in [-0.4, -0.2) is 52.4 Å². The zero-order chi connectivity index (χ0) is 21.2. The van der Waals surface area contributed by atoms with Crippen molar-refractivity contribution in [2.75, 3.05) is 13.1 Å². The van der Waals surface area contributed by atoms with E-state index < -0.39 is 7.12 Å². The molecule has 0 heterocycles. The predicted molar refractivity (Wildman–Crippen MR) is 119 cm³/mol. The summed E-state index contributed by atoms with van der Waals surface area (Å²) < 4.78 is 0. The van der Waals surface area contributed by atoms with Crippen LogP contribution in [-0.2, 0) is 11.3 Å². The minimum absolute atomic E-state index is 0.0372. The smallest absolute Gasteiger partial charge is 0.423 e. The van der Waals surface area contributed by atoms with E-state index in [-0.39, 0.29) is 18.4 Å². The van der Waals surface area contributed by atoms with E-state index in [1.165, 1.54) is 11.2 Å². The maximum Gasteiger partial charge on any atom is 0.489 e. The zero-order valence-electron chi connectivity index (χ0n) is 16.6. The highest BCUT2D eigenvalue weighted by atomic mass is 32.1. The van der Waals surface area contributed by atoms with Crippen molar-refractivity contribution >= 4 is 37.5 Å². The number of hydrogen-bond donors (Lipinski definition) is 4. The van der Waals surface area contributed by atoms with Gasteiger partial charge in [-0.05, 0) is 22.5 Å². The number of nitrogens with one attached hydrogen (secondary N) is 1. The lowest BCUT2D eigenvalue weighted by atomic mass is 9.77. The van der Waals surface area contributed by atoms with Crippen molar-refractivity contribution in [3.8, 4) is 0 Å². The number of carbonyl (C=O) groups is 1. The molecule has 0 aromatic heterocycles. The molecule has 0 saturated carbocycles. The average molecular weight is 414 g/mol. The Hall–Kier alpha value is -2.33. The molecule has 0 spiro atoms. The van der Waals surface area contributed by atoms with Gasteiger partial charge in [0.05, 0.1) is 12.8 Å². The highest BCUT2D eigenvalue weighted by Gasteiger charge is 2.18. The van der Waals surface area contributed by atoms with Crippen molar-refractivity contribution in [2.45, 2.75) is 20.4 Å². The van der Waals surface area contributed by atoms with E-state index in [9.17, 15) is 14.8 Å². The second-order valence-corrected chi connectivity index (χ2v) is 7.25. The van der Waals surface area contributed by atoms with E-state index in [4.69, 9.17) is 0 Å². The van der Waals surface area contributed by atoms with E-state index in [0.717, 1.165) is 5.56 Å². The van der Waals surface area contributed by atoms with Crippen LogP contribution in [0.25, 0.3) is 0 Å². The lowest BCUT2D eigenvalue weighted by Crippen LogP contribution is -2.45. The summed E-state index contributed by atoms with van der Waals surface area (Å²) >= 11 is 4.04. The first-order valence-electron chi connectivity index (χ1n) is 9.38. The number of rotatable bonds is 10. The Morgan fingerprint density at radius 1 is 1.17 bits per heavy atom. The molecule has 0 saturated heterocycles. The third-order valence-corrected chi connectivity index (χ3v) is 4.37. The summed E-state index contributed by atoms with van der Waals surface area (Å²) in [5.74, 6) is 0.111. The van der Waals surface area contributed by atoms with Gasteiger partial charge in [0.1, 0.15) is 6.54 Å². The molecule has 29 heavy (non-hydrogen) atoms. The lowest BCUT2D eigenvalue weighted by Gasteiger charge is -2.26. The van der Waals surface area contributed by atoms with Crippen LogP contribution in [0.2, 0.25) is 0 Å². The van der Waals surface area contributed by atoms with Gasteiger partial charge >= 0.3 is 7.12 Å². The molecule has 3 N–H and O–H groups in total. The summed E-state index contributed by atoms with van der Waals surface area (Å²) in [7, 11) is -1.60. The molecule has 0 aliphatic heterocycles. The van der Waals surface area contributed by atoms with Gasteiger partial charge in [-0.2, -0.15) is 9.93 Å². The molecule has 0 atom stereocenters. The summed E-state index contributed by atoms with van der Waals surface area (Å²) in [5, 5.41) is 26.6. The number of thiol groups is 1. The Balaban J connectivity index is 2.22. The van der Waals surface area contributed by atoms with E-state index in [1.807, 2.05) is 44.2 Å². The maximum absolute atomic E-state index is 12.7. The number of hydrogen-bond acceptors (Lipinski definition) is 7. The first-order chi connectivity index (χ1) is 13.9. The van der Waals surface area contributed by atoms with Crippen LogP contribution in [0, 0.1) is 5.92 Å². The summed E-state index contributed by atoms with van der Waals surface area (Å²) in [6.45, 7) is 5.01. The van der Waals surface area contributed by atoms with Crippen LogP contribution in [0.1, 0.15) is 25.0 Å². The Bertz CT molecular complexity index is 805. The molecule has 9 heteroatoms. The largest absolute Gasteiger partial charge is 0.489 e. The second kappa shape index (κ2) is 11.6. The summed E-state index contributed by atoms with van der Waals surface area (Å²) in [5.41, 5.74) is 1.92. The number of carbonyl (C=O) groups excluding carboxylic acids is 1. The van der Waals surface area contributed by atoms with Crippen molar-refractivity contribution in [3.63, 3.8) is 0 Å². The van der Waals surface area contributed by atoms with Gasteiger partial charge in [-0.1, -0.05) is 81.3 Å². The molecule has 7 nitrogen and oxygen atoms in total. The van der Waals surface area contributed by atoms with Gasteiger partial charge in [-0.15, -0.1) is 0 Å². The first kappa shape index (κ1) is 23.0. The van der Waals surface area contributed by atoms with Crippen LogP contribution in [0.4, 0.5) is 0 Å².